The second kappa shape index (κ2) is 7.16. The molecule has 2 N–H and O–H groups in total. The number of rotatable bonds is 5. The molecule has 0 radical (unpaired) electrons. The lowest BCUT2D eigenvalue weighted by Gasteiger charge is -2.17. The summed E-state index contributed by atoms with van der Waals surface area (Å²) in [4.78, 5) is 23.5. The average Bonchev–Trinajstić information content (AvgIpc) is 2.54. The Hall–Kier alpha value is -2.83. The Morgan fingerprint density at radius 2 is 1.58 bits per heavy atom. The van der Waals surface area contributed by atoms with Gasteiger partial charge >= 0.3 is 12.1 Å². The molecule has 0 bridgehead atoms. The van der Waals surface area contributed by atoms with Crippen molar-refractivity contribution in [2.45, 2.75) is 18.6 Å². The molecular weight excluding hydrogens is 323 g/mol. The van der Waals surface area contributed by atoms with Crippen molar-refractivity contribution in [2.75, 3.05) is 0 Å². The first-order chi connectivity index (χ1) is 11.3. The molecule has 2 aromatic carbocycles. The Labute approximate surface area is 135 Å². The summed E-state index contributed by atoms with van der Waals surface area (Å²) in [5.41, 5.74) is -1.06. The van der Waals surface area contributed by atoms with Gasteiger partial charge in [0.1, 0.15) is 6.04 Å². The molecule has 1 amide bonds. The smallest absolute Gasteiger partial charge is 0.417 e. The van der Waals surface area contributed by atoms with Crippen LogP contribution < -0.4 is 5.32 Å². The monoisotopic (exact) mass is 337 g/mol. The number of alkyl halides is 3. The molecule has 0 aliphatic rings. The van der Waals surface area contributed by atoms with Gasteiger partial charge in [0.15, 0.2) is 0 Å². The minimum Gasteiger partial charge on any atom is -0.480 e. The lowest BCUT2D eigenvalue weighted by atomic mass is 10.0. The van der Waals surface area contributed by atoms with Crippen LogP contribution in [0.3, 0.4) is 0 Å². The molecule has 4 nitrogen and oxygen atoms in total. The first-order valence-corrected chi connectivity index (χ1v) is 7.03. The summed E-state index contributed by atoms with van der Waals surface area (Å²) in [6, 6.07) is 11.4. The van der Waals surface area contributed by atoms with Crippen LogP contribution >= 0.6 is 0 Å². The summed E-state index contributed by atoms with van der Waals surface area (Å²) in [5.74, 6) is -2.40. The minimum atomic E-state index is -4.70. The zero-order valence-corrected chi connectivity index (χ0v) is 12.4. The van der Waals surface area contributed by atoms with Crippen molar-refractivity contribution in [1.82, 2.24) is 5.32 Å². The SMILES string of the molecule is O=C(N[C@H](Cc1ccccc1)C(=O)O)c1ccccc1C(F)(F)F. The Bertz CT molecular complexity index is 729. The molecule has 126 valence electrons. The fourth-order valence-electron chi connectivity index (χ4n) is 2.21. The van der Waals surface area contributed by atoms with E-state index in [9.17, 15) is 27.9 Å². The van der Waals surface area contributed by atoms with Crippen molar-refractivity contribution >= 4 is 11.9 Å². The van der Waals surface area contributed by atoms with Crippen LogP contribution in [-0.4, -0.2) is 23.0 Å². The molecule has 0 aliphatic carbocycles. The number of carboxylic acid groups (broad SMARTS) is 1. The average molecular weight is 337 g/mol. The number of carboxylic acids is 1. The number of nitrogens with one attached hydrogen (secondary N) is 1. The van der Waals surface area contributed by atoms with E-state index in [-0.39, 0.29) is 6.42 Å². The van der Waals surface area contributed by atoms with Crippen molar-refractivity contribution in [3.8, 4) is 0 Å². The number of aliphatic carboxylic acids is 1. The molecular formula is C17H14F3NO3. The highest BCUT2D eigenvalue weighted by atomic mass is 19.4. The topological polar surface area (TPSA) is 66.4 Å². The third kappa shape index (κ3) is 4.34. The van der Waals surface area contributed by atoms with Gasteiger partial charge < -0.3 is 10.4 Å². The third-order valence-electron chi connectivity index (χ3n) is 3.36. The van der Waals surface area contributed by atoms with Crippen LogP contribution in [0, 0.1) is 0 Å². The van der Waals surface area contributed by atoms with Gasteiger partial charge in [0.25, 0.3) is 5.91 Å². The first kappa shape index (κ1) is 17.5. The standard InChI is InChI=1S/C17H14F3NO3/c18-17(19,20)13-9-5-4-8-12(13)15(22)21-14(16(23)24)10-11-6-2-1-3-7-11/h1-9,14H,10H2,(H,21,22)(H,23,24)/t14-/m1/s1. The summed E-state index contributed by atoms with van der Waals surface area (Å²) < 4.78 is 38.9. The van der Waals surface area contributed by atoms with E-state index < -0.39 is 35.2 Å². The third-order valence-corrected chi connectivity index (χ3v) is 3.36. The number of carbonyl (C=O) groups is 2. The van der Waals surface area contributed by atoms with Gasteiger partial charge in [-0.3, -0.25) is 4.79 Å². The number of hydrogen-bond donors (Lipinski definition) is 2. The van der Waals surface area contributed by atoms with Gasteiger partial charge in [-0.05, 0) is 17.7 Å². The molecule has 0 aliphatic heterocycles. The number of benzene rings is 2. The lowest BCUT2D eigenvalue weighted by molar-refractivity contribution is -0.139. The predicted octanol–water partition coefficient (Wildman–Crippen LogP) is 3.13. The Balaban J connectivity index is 2.22. The molecule has 1 atom stereocenters. The molecule has 0 unspecified atom stereocenters. The number of hydrogen-bond acceptors (Lipinski definition) is 2. The van der Waals surface area contributed by atoms with Gasteiger partial charge in [-0.15, -0.1) is 0 Å². The molecule has 0 saturated heterocycles. The van der Waals surface area contributed by atoms with E-state index in [2.05, 4.69) is 5.32 Å². The maximum atomic E-state index is 13.0. The predicted molar refractivity (Wildman–Crippen MR) is 80.5 cm³/mol. The second-order valence-corrected chi connectivity index (χ2v) is 5.10. The fourth-order valence-corrected chi connectivity index (χ4v) is 2.21. The van der Waals surface area contributed by atoms with E-state index in [4.69, 9.17) is 0 Å². The van der Waals surface area contributed by atoms with E-state index in [0.29, 0.717) is 5.56 Å². The fraction of sp³-hybridized carbons (Fsp3) is 0.176. The van der Waals surface area contributed by atoms with Crippen molar-refractivity contribution in [3.63, 3.8) is 0 Å². The molecule has 0 fully saturated rings. The summed E-state index contributed by atoms with van der Waals surface area (Å²) in [6.07, 6.45) is -4.73. The van der Waals surface area contributed by atoms with Crippen LogP contribution in [0.25, 0.3) is 0 Å². The van der Waals surface area contributed by atoms with Gasteiger partial charge in [-0.1, -0.05) is 42.5 Å². The Morgan fingerprint density at radius 3 is 2.17 bits per heavy atom. The molecule has 24 heavy (non-hydrogen) atoms. The zero-order chi connectivity index (χ0) is 17.7. The highest BCUT2D eigenvalue weighted by Gasteiger charge is 2.35. The van der Waals surface area contributed by atoms with E-state index in [0.717, 1.165) is 18.2 Å². The number of halogens is 3. The molecule has 7 heteroatoms. The normalized spacial score (nSPS) is 12.5. The highest BCUT2D eigenvalue weighted by Crippen LogP contribution is 2.31. The summed E-state index contributed by atoms with van der Waals surface area (Å²) in [5, 5.41) is 11.4. The zero-order valence-electron chi connectivity index (χ0n) is 12.4. The quantitative estimate of drug-likeness (QED) is 0.881. The maximum absolute atomic E-state index is 13.0. The van der Waals surface area contributed by atoms with Gasteiger partial charge in [0.05, 0.1) is 11.1 Å². The largest absolute Gasteiger partial charge is 0.480 e. The molecule has 0 saturated carbocycles. The summed E-state index contributed by atoms with van der Waals surface area (Å²) >= 11 is 0. The molecule has 0 spiro atoms. The molecule has 0 heterocycles. The van der Waals surface area contributed by atoms with E-state index in [1.165, 1.54) is 6.07 Å². The van der Waals surface area contributed by atoms with Crippen LogP contribution in [0.2, 0.25) is 0 Å². The first-order valence-electron chi connectivity index (χ1n) is 7.03. The van der Waals surface area contributed by atoms with Crippen LogP contribution in [-0.2, 0) is 17.4 Å². The van der Waals surface area contributed by atoms with Crippen LogP contribution in [0.5, 0.6) is 0 Å². The van der Waals surface area contributed by atoms with Crippen LogP contribution in [0.15, 0.2) is 54.6 Å². The van der Waals surface area contributed by atoms with Crippen LogP contribution in [0.4, 0.5) is 13.2 Å². The van der Waals surface area contributed by atoms with Crippen molar-refractivity contribution < 1.29 is 27.9 Å². The molecule has 2 rings (SSSR count). The lowest BCUT2D eigenvalue weighted by Crippen LogP contribution is -2.42. The van der Waals surface area contributed by atoms with Gasteiger partial charge in [0.2, 0.25) is 0 Å². The summed E-state index contributed by atoms with van der Waals surface area (Å²) in [6.45, 7) is 0. The van der Waals surface area contributed by atoms with E-state index in [1.807, 2.05) is 0 Å². The maximum Gasteiger partial charge on any atom is 0.417 e. The number of carbonyl (C=O) groups excluding carboxylic acids is 1. The number of amides is 1. The molecule has 2 aromatic rings. The van der Waals surface area contributed by atoms with Gasteiger partial charge in [-0.2, -0.15) is 13.2 Å². The van der Waals surface area contributed by atoms with Crippen LogP contribution in [0.1, 0.15) is 21.5 Å². The highest BCUT2D eigenvalue weighted by molar-refractivity contribution is 5.98. The molecule has 0 aromatic heterocycles. The van der Waals surface area contributed by atoms with Crippen molar-refractivity contribution in [2.24, 2.45) is 0 Å². The van der Waals surface area contributed by atoms with Gasteiger partial charge in [-0.25, -0.2) is 4.79 Å². The van der Waals surface area contributed by atoms with Crippen molar-refractivity contribution in [1.29, 1.82) is 0 Å². The Kier molecular flexibility index (Phi) is 5.23. The second-order valence-electron chi connectivity index (χ2n) is 5.10. The summed E-state index contributed by atoms with van der Waals surface area (Å²) in [7, 11) is 0. The van der Waals surface area contributed by atoms with Gasteiger partial charge in [0, 0.05) is 6.42 Å². The minimum absolute atomic E-state index is 0.0316. The Morgan fingerprint density at radius 1 is 1.00 bits per heavy atom. The van der Waals surface area contributed by atoms with E-state index >= 15 is 0 Å². The van der Waals surface area contributed by atoms with Crippen molar-refractivity contribution in [3.05, 3.63) is 71.3 Å². The van der Waals surface area contributed by atoms with E-state index in [1.54, 1.807) is 30.3 Å².